The molecular formula is C61H53N3OSi. The van der Waals surface area contributed by atoms with Crippen LogP contribution in [0.5, 0.6) is 11.5 Å². The summed E-state index contributed by atoms with van der Waals surface area (Å²) < 4.78 is 77.7. The Labute approximate surface area is 398 Å². The minimum absolute atomic E-state index is 0.0694. The Morgan fingerprint density at radius 1 is 0.621 bits per heavy atom. The molecule has 0 radical (unpaired) electrons. The van der Waals surface area contributed by atoms with Crippen LogP contribution in [-0.2, 0) is 5.04 Å². The van der Waals surface area contributed by atoms with Crippen molar-refractivity contribution >= 4 is 41.1 Å². The first-order chi connectivity index (χ1) is 34.9. The molecule has 1 aliphatic heterocycles. The van der Waals surface area contributed by atoms with E-state index in [1.807, 2.05) is 59.2 Å². The largest absolute Gasteiger partial charge is 0.457 e. The van der Waals surface area contributed by atoms with Gasteiger partial charge in [-0.1, -0.05) is 149 Å². The van der Waals surface area contributed by atoms with Crippen LogP contribution < -0.4 is 9.92 Å². The Hall–Kier alpha value is -6.95. The van der Waals surface area contributed by atoms with Crippen molar-refractivity contribution in [3.63, 3.8) is 0 Å². The molecule has 13 rings (SSSR count). The van der Waals surface area contributed by atoms with Crippen molar-refractivity contribution in [2.24, 2.45) is 0 Å². The van der Waals surface area contributed by atoms with Gasteiger partial charge in [-0.15, -0.1) is 0 Å². The number of nitrogens with zero attached hydrogens (tertiary/aromatic N) is 3. The van der Waals surface area contributed by atoms with Crippen molar-refractivity contribution in [3.8, 4) is 72.8 Å². The number of fused-ring (bicyclic) bond motifs is 15. The number of imidazole rings is 2. The van der Waals surface area contributed by atoms with Crippen molar-refractivity contribution in [3.05, 3.63) is 180 Å². The van der Waals surface area contributed by atoms with E-state index in [4.69, 9.17) is 13.8 Å². The maximum Gasteiger partial charge on any atom is 0.220 e. The minimum atomic E-state index is -2.78. The van der Waals surface area contributed by atoms with Crippen molar-refractivity contribution < 1.29 is 14.3 Å². The van der Waals surface area contributed by atoms with E-state index in [0.717, 1.165) is 95.7 Å². The topological polar surface area (TPSA) is 31.5 Å². The molecule has 0 spiro atoms. The lowest BCUT2D eigenvalue weighted by Crippen LogP contribution is -2.56. The van der Waals surface area contributed by atoms with E-state index in [9.17, 15) is 5.48 Å². The molecule has 0 atom stereocenters. The lowest BCUT2D eigenvalue weighted by molar-refractivity contribution is 0.478. The molecule has 4 nitrogen and oxygen atoms in total. The van der Waals surface area contributed by atoms with E-state index in [-0.39, 0.29) is 11.1 Å². The normalized spacial score (nSPS) is 18.2. The van der Waals surface area contributed by atoms with Crippen LogP contribution >= 0.6 is 0 Å². The van der Waals surface area contributed by atoms with Gasteiger partial charge in [-0.3, -0.25) is 8.97 Å². The van der Waals surface area contributed by atoms with Crippen LogP contribution in [0.25, 0.3) is 89.2 Å². The molecule has 8 aromatic carbocycles. The van der Waals surface area contributed by atoms with Crippen LogP contribution in [0.4, 0.5) is 0 Å². The molecule has 2 aromatic heterocycles. The zero-order valence-corrected chi connectivity index (χ0v) is 38.6. The number of hydrogen-bond donors (Lipinski definition) is 0. The smallest absolute Gasteiger partial charge is 0.220 e. The second kappa shape index (κ2) is 14.3. The first-order valence-corrected chi connectivity index (χ1v) is 26.3. The molecule has 1 saturated carbocycles. The van der Waals surface area contributed by atoms with Crippen LogP contribution in [0.3, 0.4) is 0 Å². The van der Waals surface area contributed by atoms with Gasteiger partial charge in [-0.2, -0.15) is 0 Å². The SMILES string of the molecule is [2H]C([2H])([2H])c1ccc2c(c1)Oc1c(cc(-n3c4ccccc4n4c5ccccc5nc34)c(C([2H])([2H])[2H])c1-c1cc3c(cc1C1([2H])CCCC1)-c1ccccc1-c1ccccc1-c1ccccc1-3)C(C)(C)[Si]2(C)C. The van der Waals surface area contributed by atoms with E-state index in [0.29, 0.717) is 46.9 Å². The average Bonchev–Trinajstić information content (AvgIpc) is 4.07. The van der Waals surface area contributed by atoms with Gasteiger partial charge in [0.25, 0.3) is 0 Å². The number of aromatic nitrogens is 3. The molecule has 0 N–H and O–H groups in total. The Bertz CT molecular complexity index is 3970. The maximum absolute atomic E-state index is 10.7. The van der Waals surface area contributed by atoms with Crippen LogP contribution in [0.1, 0.15) is 77.3 Å². The summed E-state index contributed by atoms with van der Waals surface area (Å²) in [5.74, 6) is 0.267. The monoisotopic (exact) mass is 878 g/mol. The van der Waals surface area contributed by atoms with Gasteiger partial charge in [0, 0.05) is 20.7 Å². The summed E-state index contributed by atoms with van der Waals surface area (Å²) in [6.07, 6.45) is 2.88. The number of ether oxygens (including phenoxy) is 1. The molecule has 66 heavy (non-hydrogen) atoms. The second-order valence-corrected chi connectivity index (χ2v) is 24.6. The lowest BCUT2D eigenvalue weighted by Gasteiger charge is -2.40. The van der Waals surface area contributed by atoms with E-state index >= 15 is 0 Å². The molecule has 3 heterocycles. The van der Waals surface area contributed by atoms with Gasteiger partial charge in [0.15, 0.2) is 0 Å². The fraction of sp³-hybridized carbons (Fsp3) is 0.197. The highest BCUT2D eigenvalue weighted by Gasteiger charge is 2.48. The Morgan fingerprint density at radius 2 is 1.20 bits per heavy atom. The number of para-hydroxylation sites is 4. The van der Waals surface area contributed by atoms with Crippen molar-refractivity contribution in [1.82, 2.24) is 14.0 Å². The van der Waals surface area contributed by atoms with Gasteiger partial charge < -0.3 is 4.74 Å². The van der Waals surface area contributed by atoms with Crippen LogP contribution in [0.15, 0.2) is 158 Å². The predicted octanol–water partition coefficient (Wildman–Crippen LogP) is 15.9. The van der Waals surface area contributed by atoms with Crippen molar-refractivity contribution in [2.75, 3.05) is 0 Å². The molecule has 1 fully saturated rings. The van der Waals surface area contributed by atoms with Gasteiger partial charge in [0.2, 0.25) is 5.78 Å². The highest BCUT2D eigenvalue weighted by molar-refractivity contribution is 6.92. The maximum atomic E-state index is 10.7. The third-order valence-corrected chi connectivity index (χ3v) is 20.8. The second-order valence-electron chi connectivity index (χ2n) is 19.5. The molecule has 0 amide bonds. The van der Waals surface area contributed by atoms with Crippen LogP contribution in [-0.4, -0.2) is 22.0 Å². The summed E-state index contributed by atoms with van der Waals surface area (Å²) in [7, 11) is -2.78. The quantitative estimate of drug-likeness (QED) is 0.166. The van der Waals surface area contributed by atoms with Gasteiger partial charge in [-0.05, 0) is 158 Å². The zero-order valence-electron chi connectivity index (χ0n) is 44.6. The Morgan fingerprint density at radius 3 is 1.83 bits per heavy atom. The predicted molar refractivity (Wildman–Crippen MR) is 278 cm³/mol. The lowest BCUT2D eigenvalue weighted by atomic mass is 9.76. The highest BCUT2D eigenvalue weighted by Crippen LogP contribution is 2.56. The number of hydrogen-bond acceptors (Lipinski definition) is 2. The van der Waals surface area contributed by atoms with E-state index < -0.39 is 32.7 Å². The number of aryl methyl sites for hydroxylation is 1. The van der Waals surface area contributed by atoms with Gasteiger partial charge in [0.05, 0.1) is 35.8 Å². The van der Waals surface area contributed by atoms with E-state index in [1.165, 1.54) is 0 Å². The molecule has 322 valence electrons. The number of benzene rings is 8. The molecule has 10 aromatic rings. The summed E-state index contributed by atoms with van der Waals surface area (Å²) in [5.41, 5.74) is 14.8. The molecular weight excluding hydrogens is 819 g/mol. The fourth-order valence-electron chi connectivity index (χ4n) is 11.6. The van der Waals surface area contributed by atoms with Gasteiger partial charge >= 0.3 is 0 Å². The number of rotatable bonds is 3. The summed E-state index contributed by atoms with van der Waals surface area (Å²) >= 11 is 0. The standard InChI is InChI=1S/C61H53N3OSi/c1-37-31-32-57-56(33-37)65-59-50(61(3,4)66(57,5)6)36-55(64-54-30-18-17-29-53(54)63-52-28-16-15-27-51(52)62-60(63)64)38(2)58(59)49-35-48-45-26-14-12-24-43(45)41-22-10-9-21-40(41)42-23-11-13-25-44(42)47(48)34-46(49)39-19-7-8-20-39/h9-18,21-36,39H,7-8,19-20H2,1-6H3/i1D3,2D3,39D. The third-order valence-electron chi connectivity index (χ3n) is 15.7. The first kappa shape index (κ1) is 32.7. The fourth-order valence-corrected chi connectivity index (χ4v) is 14.4. The van der Waals surface area contributed by atoms with Gasteiger partial charge in [0.1, 0.15) is 11.5 Å². The zero-order chi connectivity index (χ0) is 50.6. The Kier molecular flexibility index (Phi) is 7.06. The van der Waals surface area contributed by atoms with Crippen molar-refractivity contribution in [2.45, 2.75) is 77.3 Å². The third kappa shape index (κ3) is 5.47. The molecule has 5 heteroatoms. The minimum Gasteiger partial charge on any atom is -0.457 e. The molecule has 0 bridgehead atoms. The van der Waals surface area contributed by atoms with Crippen LogP contribution in [0.2, 0.25) is 13.1 Å². The molecule has 0 unspecified atom stereocenters. The summed E-state index contributed by atoms with van der Waals surface area (Å²) in [5, 5.41) is 0.282. The highest BCUT2D eigenvalue weighted by atomic mass is 28.3. The van der Waals surface area contributed by atoms with E-state index in [1.54, 1.807) is 12.1 Å². The molecule has 0 saturated heterocycles. The van der Waals surface area contributed by atoms with Crippen LogP contribution in [0, 0.1) is 13.7 Å². The van der Waals surface area contributed by atoms with E-state index in [2.05, 4.69) is 122 Å². The first-order valence-electron chi connectivity index (χ1n) is 26.8. The summed E-state index contributed by atoms with van der Waals surface area (Å²) in [6, 6.07) is 53.2. The van der Waals surface area contributed by atoms with Gasteiger partial charge in [-0.25, -0.2) is 4.98 Å². The average molecular weight is 879 g/mol. The van der Waals surface area contributed by atoms with Crippen molar-refractivity contribution in [1.29, 1.82) is 0 Å². The molecule has 2 aliphatic carbocycles. The Balaban J connectivity index is 1.26. The summed E-state index contributed by atoms with van der Waals surface area (Å²) in [4.78, 5) is 5.28. The molecule has 3 aliphatic rings. The summed E-state index contributed by atoms with van der Waals surface area (Å²) in [6.45, 7) is 3.85.